The number of anilines is 1. The van der Waals surface area contributed by atoms with Gasteiger partial charge in [0.15, 0.2) is 0 Å². The van der Waals surface area contributed by atoms with Crippen LogP contribution in [0.2, 0.25) is 0 Å². The first-order valence-corrected chi connectivity index (χ1v) is 10.3. The van der Waals surface area contributed by atoms with Gasteiger partial charge in [-0.1, -0.05) is 30.6 Å². The first-order chi connectivity index (χ1) is 13.0. The summed E-state index contributed by atoms with van der Waals surface area (Å²) in [4.78, 5) is 38.6. The van der Waals surface area contributed by atoms with Crippen LogP contribution < -0.4 is 16.6 Å². The third kappa shape index (κ3) is 3.47. The highest BCUT2D eigenvalue weighted by Gasteiger charge is 2.28. The van der Waals surface area contributed by atoms with E-state index in [2.05, 4.69) is 15.5 Å². The summed E-state index contributed by atoms with van der Waals surface area (Å²) in [6.07, 6.45) is 7.10. The summed E-state index contributed by atoms with van der Waals surface area (Å²) >= 11 is 1.29. The molecule has 0 unspecified atom stereocenters. The maximum atomic E-state index is 13.2. The van der Waals surface area contributed by atoms with Gasteiger partial charge in [-0.15, -0.1) is 10.2 Å². The van der Waals surface area contributed by atoms with Crippen LogP contribution in [0.3, 0.4) is 0 Å². The zero-order valence-corrected chi connectivity index (χ0v) is 16.2. The van der Waals surface area contributed by atoms with Crippen LogP contribution in [-0.4, -0.2) is 25.2 Å². The topological polar surface area (TPSA) is 98.9 Å². The highest BCUT2D eigenvalue weighted by molar-refractivity contribution is 7.15. The van der Waals surface area contributed by atoms with E-state index in [4.69, 9.17) is 0 Å². The molecular formula is C18H23N5O3S. The van der Waals surface area contributed by atoms with E-state index in [0.29, 0.717) is 23.5 Å². The number of aryl methyl sites for hydroxylation is 1. The summed E-state index contributed by atoms with van der Waals surface area (Å²) in [7, 11) is 0. The summed E-state index contributed by atoms with van der Waals surface area (Å²) in [5.74, 6) is -0.323. The normalized spacial score (nSPS) is 17.1. The first kappa shape index (κ1) is 18.1. The largest absolute Gasteiger partial charge is 0.331 e. The second-order valence-electron chi connectivity index (χ2n) is 7.29. The number of fused-ring (bicyclic) bond motifs is 1. The van der Waals surface area contributed by atoms with E-state index in [-0.39, 0.29) is 29.7 Å². The van der Waals surface area contributed by atoms with Crippen molar-refractivity contribution in [1.82, 2.24) is 19.3 Å². The lowest BCUT2D eigenvalue weighted by molar-refractivity contribution is -0.116. The molecule has 1 amide bonds. The Kier molecular flexibility index (Phi) is 4.94. The number of carbonyl (C=O) groups is 1. The predicted molar refractivity (Wildman–Crippen MR) is 102 cm³/mol. The molecule has 2 aromatic heterocycles. The summed E-state index contributed by atoms with van der Waals surface area (Å²) in [6.45, 7) is 1.71. The molecule has 2 aliphatic carbocycles. The van der Waals surface area contributed by atoms with E-state index in [1.165, 1.54) is 20.5 Å². The van der Waals surface area contributed by atoms with E-state index >= 15 is 0 Å². The number of hydrogen-bond acceptors (Lipinski definition) is 6. The molecule has 144 valence electrons. The van der Waals surface area contributed by atoms with E-state index in [0.717, 1.165) is 49.2 Å². The van der Waals surface area contributed by atoms with Gasteiger partial charge in [0.25, 0.3) is 5.56 Å². The van der Waals surface area contributed by atoms with Crippen LogP contribution in [0, 0.1) is 6.92 Å². The van der Waals surface area contributed by atoms with Crippen molar-refractivity contribution in [2.24, 2.45) is 0 Å². The van der Waals surface area contributed by atoms with Crippen molar-refractivity contribution < 1.29 is 4.79 Å². The van der Waals surface area contributed by atoms with Crippen LogP contribution in [0.5, 0.6) is 0 Å². The van der Waals surface area contributed by atoms with Gasteiger partial charge < -0.3 is 0 Å². The minimum atomic E-state index is -0.351. The van der Waals surface area contributed by atoms with E-state index in [9.17, 15) is 14.4 Å². The van der Waals surface area contributed by atoms with Gasteiger partial charge in [0, 0.05) is 17.3 Å². The SMILES string of the molecule is Cc1nnc(NC(=O)Cn2c3c(c(=O)n(C4CCCCC4)c2=O)CCC3)s1. The summed E-state index contributed by atoms with van der Waals surface area (Å²) < 4.78 is 2.92. The number of rotatable bonds is 4. The molecule has 1 fully saturated rings. The van der Waals surface area contributed by atoms with Gasteiger partial charge in [0.05, 0.1) is 0 Å². The fourth-order valence-corrected chi connectivity index (χ4v) is 4.82. The molecule has 0 aromatic carbocycles. The van der Waals surface area contributed by atoms with Crippen molar-refractivity contribution in [3.63, 3.8) is 0 Å². The second kappa shape index (κ2) is 7.38. The molecule has 0 saturated heterocycles. The van der Waals surface area contributed by atoms with Crippen LogP contribution in [0.1, 0.15) is 60.8 Å². The lowest BCUT2D eigenvalue weighted by atomic mass is 9.95. The molecule has 0 atom stereocenters. The van der Waals surface area contributed by atoms with E-state index in [1.807, 2.05) is 6.92 Å². The fourth-order valence-electron chi connectivity index (χ4n) is 4.21. The smallest absolute Gasteiger partial charge is 0.299 e. The Hall–Kier alpha value is -2.29. The van der Waals surface area contributed by atoms with Crippen molar-refractivity contribution in [2.75, 3.05) is 5.32 Å². The lowest BCUT2D eigenvalue weighted by Crippen LogP contribution is -2.46. The van der Waals surface area contributed by atoms with Crippen molar-refractivity contribution in [1.29, 1.82) is 0 Å². The Labute approximate surface area is 160 Å². The minimum Gasteiger partial charge on any atom is -0.299 e. The Morgan fingerprint density at radius 2 is 1.93 bits per heavy atom. The Bertz CT molecular complexity index is 984. The summed E-state index contributed by atoms with van der Waals surface area (Å²) in [5, 5.41) is 11.7. The highest BCUT2D eigenvalue weighted by atomic mass is 32.1. The molecule has 9 heteroatoms. The number of nitrogens with one attached hydrogen (secondary N) is 1. The zero-order valence-electron chi connectivity index (χ0n) is 15.4. The Morgan fingerprint density at radius 3 is 2.63 bits per heavy atom. The van der Waals surface area contributed by atoms with Crippen LogP contribution >= 0.6 is 11.3 Å². The molecule has 1 N–H and O–H groups in total. The third-order valence-corrected chi connectivity index (χ3v) is 6.20. The fraction of sp³-hybridized carbons (Fsp3) is 0.611. The van der Waals surface area contributed by atoms with Gasteiger partial charge >= 0.3 is 5.69 Å². The van der Waals surface area contributed by atoms with Gasteiger partial charge in [-0.2, -0.15) is 0 Å². The number of hydrogen-bond donors (Lipinski definition) is 1. The van der Waals surface area contributed by atoms with Crippen molar-refractivity contribution in [3.8, 4) is 0 Å². The molecule has 8 nitrogen and oxygen atoms in total. The van der Waals surface area contributed by atoms with Crippen LogP contribution in [0.15, 0.2) is 9.59 Å². The van der Waals surface area contributed by atoms with Crippen molar-refractivity contribution in [3.05, 3.63) is 37.1 Å². The first-order valence-electron chi connectivity index (χ1n) is 9.51. The Morgan fingerprint density at radius 1 is 1.15 bits per heavy atom. The number of nitrogens with zero attached hydrogens (tertiary/aromatic N) is 4. The Balaban J connectivity index is 1.69. The molecule has 0 bridgehead atoms. The zero-order chi connectivity index (χ0) is 19.0. The monoisotopic (exact) mass is 389 g/mol. The van der Waals surface area contributed by atoms with Crippen LogP contribution in [0.4, 0.5) is 5.13 Å². The minimum absolute atomic E-state index is 0.0511. The van der Waals surface area contributed by atoms with Crippen LogP contribution in [0.25, 0.3) is 0 Å². The number of amides is 1. The molecular weight excluding hydrogens is 366 g/mol. The van der Waals surface area contributed by atoms with Crippen molar-refractivity contribution >= 4 is 22.4 Å². The maximum absolute atomic E-state index is 13.2. The van der Waals surface area contributed by atoms with Gasteiger partial charge in [-0.25, -0.2) is 4.79 Å². The van der Waals surface area contributed by atoms with E-state index < -0.39 is 0 Å². The van der Waals surface area contributed by atoms with Crippen molar-refractivity contribution in [2.45, 2.75) is 70.9 Å². The van der Waals surface area contributed by atoms with Gasteiger partial charge in [0.1, 0.15) is 11.6 Å². The molecule has 1 saturated carbocycles. The predicted octanol–water partition coefficient (Wildman–Crippen LogP) is 1.80. The highest BCUT2D eigenvalue weighted by Crippen LogP contribution is 2.27. The van der Waals surface area contributed by atoms with E-state index in [1.54, 1.807) is 0 Å². The van der Waals surface area contributed by atoms with Gasteiger partial charge in [-0.05, 0) is 39.0 Å². The molecule has 2 aliphatic rings. The molecule has 2 aromatic rings. The number of aromatic nitrogens is 4. The summed E-state index contributed by atoms with van der Waals surface area (Å²) in [5.41, 5.74) is 0.937. The average molecular weight is 389 g/mol. The summed E-state index contributed by atoms with van der Waals surface area (Å²) in [6, 6.07) is -0.0511. The standard InChI is InChI=1S/C18H23N5O3S/c1-11-20-21-17(27-11)19-15(24)10-22-14-9-5-8-13(14)16(25)23(18(22)26)12-6-3-2-4-7-12/h12H,2-10H2,1H3,(H,19,21,24). The molecule has 0 radical (unpaired) electrons. The average Bonchev–Trinajstić information content (AvgIpc) is 3.29. The lowest BCUT2D eigenvalue weighted by Gasteiger charge is -2.25. The quantitative estimate of drug-likeness (QED) is 0.860. The van der Waals surface area contributed by atoms with Gasteiger partial charge in [-0.3, -0.25) is 24.0 Å². The van der Waals surface area contributed by atoms with Crippen LogP contribution in [-0.2, 0) is 24.2 Å². The third-order valence-electron chi connectivity index (χ3n) is 5.44. The molecule has 4 rings (SSSR count). The van der Waals surface area contributed by atoms with Gasteiger partial charge in [0.2, 0.25) is 11.0 Å². The molecule has 27 heavy (non-hydrogen) atoms. The molecule has 2 heterocycles. The second-order valence-corrected chi connectivity index (χ2v) is 8.47. The maximum Gasteiger partial charge on any atom is 0.331 e. The molecule has 0 spiro atoms. The number of carbonyl (C=O) groups excluding carboxylic acids is 1. The molecule has 0 aliphatic heterocycles.